The fourth-order valence-corrected chi connectivity index (χ4v) is 11.2. The van der Waals surface area contributed by atoms with E-state index in [1.165, 1.54) is 51.4 Å². The average molecular weight is 614 g/mol. The number of hydrogen-bond donors (Lipinski definition) is 1. The summed E-state index contributed by atoms with van der Waals surface area (Å²) < 4.78 is 0. The van der Waals surface area contributed by atoms with Gasteiger partial charge in [0.05, 0.1) is 6.10 Å². The Balaban J connectivity index is 0.965. The second-order valence-electron chi connectivity index (χ2n) is 15.9. The lowest BCUT2D eigenvalue weighted by atomic mass is 9.45. The van der Waals surface area contributed by atoms with E-state index in [9.17, 15) is 14.7 Å². The van der Waals surface area contributed by atoms with Gasteiger partial charge < -0.3 is 14.9 Å². The van der Waals surface area contributed by atoms with Crippen molar-refractivity contribution >= 4 is 22.6 Å². The van der Waals surface area contributed by atoms with Crippen LogP contribution in [0.2, 0.25) is 0 Å². The standard InChI is InChI=1S/C39H55N3O3/c1-4-19-42(37(45)29-10-9-27-7-5-6-8-28(27)24-29)26-36(44)41-22-20-40(21-23-41)31-13-11-30-12-14-32-33-15-16-35(43)38(33,2)18-17-34(32)39(30,3)25-31/h5-10,24,30-35,43H,4,11-23,25-26H2,1-3H3. The molecule has 244 valence electrons. The third kappa shape index (κ3) is 5.52. The molecule has 8 atom stereocenters. The fourth-order valence-electron chi connectivity index (χ4n) is 11.2. The molecule has 1 N–H and O–H groups in total. The van der Waals surface area contributed by atoms with Crippen LogP contribution in [0.25, 0.3) is 10.8 Å². The highest BCUT2D eigenvalue weighted by atomic mass is 16.3. The van der Waals surface area contributed by atoms with Crippen LogP contribution in [0.1, 0.15) is 95.3 Å². The van der Waals surface area contributed by atoms with Gasteiger partial charge >= 0.3 is 0 Å². The molecular formula is C39H55N3O3. The predicted octanol–water partition coefficient (Wildman–Crippen LogP) is 6.61. The summed E-state index contributed by atoms with van der Waals surface area (Å²) in [5.74, 6) is 3.17. The van der Waals surface area contributed by atoms with Crippen molar-refractivity contribution in [1.29, 1.82) is 0 Å². The molecule has 0 radical (unpaired) electrons. The zero-order valence-electron chi connectivity index (χ0n) is 27.9. The van der Waals surface area contributed by atoms with Gasteiger partial charge in [-0.15, -0.1) is 0 Å². The molecule has 6 heteroatoms. The topological polar surface area (TPSA) is 64.1 Å². The summed E-state index contributed by atoms with van der Waals surface area (Å²) in [7, 11) is 0. The lowest BCUT2D eigenvalue weighted by Crippen LogP contribution is -2.59. The maximum atomic E-state index is 13.5. The minimum atomic E-state index is -0.0991. The van der Waals surface area contributed by atoms with E-state index in [1.54, 1.807) is 4.90 Å². The zero-order valence-corrected chi connectivity index (χ0v) is 27.9. The number of carbonyl (C=O) groups excluding carboxylic acids is 2. The molecule has 1 aliphatic heterocycles. The number of fused-ring (bicyclic) bond motifs is 6. The Hall–Kier alpha value is -2.44. The molecule has 8 unspecified atom stereocenters. The van der Waals surface area contributed by atoms with Gasteiger partial charge in [-0.25, -0.2) is 0 Å². The number of aliphatic hydroxyl groups is 1. The Morgan fingerprint density at radius 1 is 0.867 bits per heavy atom. The van der Waals surface area contributed by atoms with E-state index >= 15 is 0 Å². The van der Waals surface area contributed by atoms with E-state index < -0.39 is 0 Å². The van der Waals surface area contributed by atoms with Crippen LogP contribution in [0, 0.1) is 34.5 Å². The van der Waals surface area contributed by atoms with Crippen LogP contribution in [0.15, 0.2) is 42.5 Å². The molecule has 4 aliphatic carbocycles. The normalized spacial score (nSPS) is 36.7. The molecule has 45 heavy (non-hydrogen) atoms. The number of piperazine rings is 1. The first kappa shape index (κ1) is 31.2. The second-order valence-corrected chi connectivity index (χ2v) is 15.9. The van der Waals surface area contributed by atoms with E-state index in [-0.39, 0.29) is 29.9 Å². The molecule has 2 aromatic rings. The van der Waals surface area contributed by atoms with Crippen molar-refractivity contribution in [3.05, 3.63) is 48.0 Å². The molecule has 2 aromatic carbocycles. The first-order chi connectivity index (χ1) is 21.7. The zero-order chi connectivity index (χ0) is 31.3. The number of carbonyl (C=O) groups is 2. The number of benzene rings is 2. The van der Waals surface area contributed by atoms with Gasteiger partial charge in [0.25, 0.3) is 5.91 Å². The van der Waals surface area contributed by atoms with Gasteiger partial charge in [-0.1, -0.05) is 51.1 Å². The summed E-state index contributed by atoms with van der Waals surface area (Å²) >= 11 is 0. The number of nitrogens with zero attached hydrogens (tertiary/aromatic N) is 3. The Labute approximate surface area is 270 Å². The van der Waals surface area contributed by atoms with Crippen molar-refractivity contribution in [2.24, 2.45) is 34.5 Å². The van der Waals surface area contributed by atoms with Crippen LogP contribution >= 0.6 is 0 Å². The smallest absolute Gasteiger partial charge is 0.254 e. The third-order valence-electron chi connectivity index (χ3n) is 13.8. The molecule has 1 heterocycles. The molecule has 1 saturated heterocycles. The number of amides is 2. The summed E-state index contributed by atoms with van der Waals surface area (Å²) in [5, 5.41) is 13.0. The van der Waals surface area contributed by atoms with Crippen molar-refractivity contribution < 1.29 is 14.7 Å². The average Bonchev–Trinajstić information content (AvgIpc) is 3.37. The van der Waals surface area contributed by atoms with Gasteiger partial charge in [0.1, 0.15) is 6.54 Å². The molecular weight excluding hydrogens is 558 g/mol. The van der Waals surface area contributed by atoms with Crippen molar-refractivity contribution in [3.63, 3.8) is 0 Å². The quantitative estimate of drug-likeness (QED) is 0.398. The number of rotatable bonds is 6. The highest BCUT2D eigenvalue weighted by molar-refractivity contribution is 6.00. The van der Waals surface area contributed by atoms with E-state index in [2.05, 4.69) is 31.7 Å². The molecule has 7 rings (SSSR count). The van der Waals surface area contributed by atoms with Gasteiger partial charge in [0, 0.05) is 44.3 Å². The van der Waals surface area contributed by atoms with Crippen molar-refractivity contribution in [2.45, 2.75) is 97.1 Å². The van der Waals surface area contributed by atoms with Crippen LogP contribution in [0.4, 0.5) is 0 Å². The van der Waals surface area contributed by atoms with Gasteiger partial charge in [0.2, 0.25) is 5.91 Å². The third-order valence-corrected chi connectivity index (χ3v) is 13.8. The second kappa shape index (κ2) is 12.3. The van der Waals surface area contributed by atoms with Gasteiger partial charge in [-0.05, 0) is 122 Å². The van der Waals surface area contributed by atoms with Crippen molar-refractivity contribution in [1.82, 2.24) is 14.7 Å². The molecule has 6 nitrogen and oxygen atoms in total. The Kier molecular flexibility index (Phi) is 8.52. The van der Waals surface area contributed by atoms with Gasteiger partial charge in [-0.2, -0.15) is 0 Å². The van der Waals surface area contributed by atoms with E-state index in [0.29, 0.717) is 29.5 Å². The minimum absolute atomic E-state index is 0.0551. The summed E-state index contributed by atoms with van der Waals surface area (Å²) in [4.78, 5) is 33.5. The van der Waals surface area contributed by atoms with Gasteiger partial charge in [-0.3, -0.25) is 14.5 Å². The Morgan fingerprint density at radius 3 is 2.38 bits per heavy atom. The Bertz CT molecular complexity index is 1400. The summed E-state index contributed by atoms with van der Waals surface area (Å²) in [5.41, 5.74) is 1.20. The fraction of sp³-hybridized carbons (Fsp3) is 0.692. The van der Waals surface area contributed by atoms with Gasteiger partial charge in [0.15, 0.2) is 0 Å². The molecule has 4 saturated carbocycles. The van der Waals surface area contributed by atoms with Crippen molar-refractivity contribution in [2.75, 3.05) is 39.3 Å². The van der Waals surface area contributed by atoms with Crippen LogP contribution in [-0.2, 0) is 4.79 Å². The maximum Gasteiger partial charge on any atom is 0.254 e. The van der Waals surface area contributed by atoms with Crippen LogP contribution in [0.3, 0.4) is 0 Å². The van der Waals surface area contributed by atoms with Crippen LogP contribution in [0.5, 0.6) is 0 Å². The predicted molar refractivity (Wildman–Crippen MR) is 180 cm³/mol. The largest absolute Gasteiger partial charge is 0.393 e. The highest BCUT2D eigenvalue weighted by Crippen LogP contribution is 2.66. The van der Waals surface area contributed by atoms with E-state index in [0.717, 1.165) is 67.5 Å². The highest BCUT2D eigenvalue weighted by Gasteiger charge is 2.60. The number of hydrogen-bond acceptors (Lipinski definition) is 4. The van der Waals surface area contributed by atoms with Crippen LogP contribution < -0.4 is 0 Å². The number of aliphatic hydroxyl groups excluding tert-OH is 1. The molecule has 2 amide bonds. The molecule has 0 spiro atoms. The summed E-state index contributed by atoms with van der Waals surface area (Å²) in [6, 6.07) is 14.5. The Morgan fingerprint density at radius 2 is 1.60 bits per heavy atom. The molecule has 5 fully saturated rings. The van der Waals surface area contributed by atoms with Crippen LogP contribution in [-0.4, -0.2) is 83.0 Å². The van der Waals surface area contributed by atoms with Crippen molar-refractivity contribution in [3.8, 4) is 0 Å². The molecule has 5 aliphatic rings. The van der Waals surface area contributed by atoms with E-state index in [1.807, 2.05) is 41.3 Å². The monoisotopic (exact) mass is 613 g/mol. The molecule has 0 bridgehead atoms. The lowest BCUT2D eigenvalue weighted by Gasteiger charge is -2.62. The minimum Gasteiger partial charge on any atom is -0.393 e. The first-order valence-electron chi connectivity index (χ1n) is 18.2. The van der Waals surface area contributed by atoms with E-state index in [4.69, 9.17) is 0 Å². The summed E-state index contributed by atoms with van der Waals surface area (Å²) in [6.07, 6.45) is 12.1. The summed E-state index contributed by atoms with van der Waals surface area (Å²) in [6.45, 7) is 11.2. The lowest BCUT2D eigenvalue weighted by molar-refractivity contribution is -0.139. The first-order valence-corrected chi connectivity index (χ1v) is 18.2. The molecule has 0 aromatic heterocycles. The maximum absolute atomic E-state index is 13.5. The SMILES string of the molecule is CCCN(CC(=O)N1CCN(C2CCC3CCC4C5CCC(O)C5(C)CCC4C3(C)C2)CC1)C(=O)c1ccc2ccccc2c1.